The van der Waals surface area contributed by atoms with E-state index in [1.165, 1.54) is 18.4 Å². The Morgan fingerprint density at radius 3 is 2.81 bits per heavy atom. The van der Waals surface area contributed by atoms with Crippen LogP contribution in [0.15, 0.2) is 29.8 Å². The fourth-order valence-electron chi connectivity index (χ4n) is 2.41. The number of aromatic nitrogens is 3. The van der Waals surface area contributed by atoms with E-state index in [4.69, 9.17) is 5.73 Å². The number of nitrogens with one attached hydrogen (secondary N) is 2. The smallest absolute Gasteiger partial charge is 0.252 e. The van der Waals surface area contributed by atoms with Gasteiger partial charge in [0, 0.05) is 18.1 Å². The Labute approximate surface area is 160 Å². The molecule has 0 bridgehead atoms. The highest BCUT2D eigenvalue weighted by molar-refractivity contribution is 7.89. The molecule has 0 aliphatic rings. The minimum atomic E-state index is -3.29. The molecular formula is C16H18N6O3S2. The molecule has 0 saturated heterocycles. The molecule has 0 atom stereocenters. The maximum Gasteiger partial charge on any atom is 0.252 e. The Balaban J connectivity index is 1.77. The van der Waals surface area contributed by atoms with Crippen molar-refractivity contribution >= 4 is 43.3 Å². The number of nitrogen functional groups attached to an aromatic ring is 1. The summed E-state index contributed by atoms with van der Waals surface area (Å²) in [6.45, 7) is 0.226. The van der Waals surface area contributed by atoms with E-state index in [9.17, 15) is 13.2 Å². The highest BCUT2D eigenvalue weighted by atomic mass is 32.2. The van der Waals surface area contributed by atoms with Crippen LogP contribution in [0.1, 0.15) is 16.8 Å². The maximum absolute atomic E-state index is 12.4. The van der Waals surface area contributed by atoms with Crippen molar-refractivity contribution in [2.24, 2.45) is 0 Å². The molecule has 0 unspecified atom stereocenters. The van der Waals surface area contributed by atoms with Gasteiger partial charge in [-0.1, -0.05) is 6.07 Å². The average molecular weight is 406 g/mol. The van der Waals surface area contributed by atoms with Gasteiger partial charge in [-0.25, -0.2) is 23.1 Å². The van der Waals surface area contributed by atoms with Gasteiger partial charge in [0.25, 0.3) is 5.91 Å². The molecule has 3 heterocycles. The second-order valence-corrected chi connectivity index (χ2v) is 8.51. The number of pyridine rings is 1. The zero-order valence-corrected chi connectivity index (χ0v) is 16.1. The lowest BCUT2D eigenvalue weighted by Gasteiger charge is -2.06. The Morgan fingerprint density at radius 1 is 1.30 bits per heavy atom. The minimum absolute atomic E-state index is 0.0626. The van der Waals surface area contributed by atoms with Gasteiger partial charge in [0.1, 0.15) is 16.3 Å². The van der Waals surface area contributed by atoms with Gasteiger partial charge in [-0.3, -0.25) is 9.78 Å². The largest absolute Gasteiger partial charge is 0.383 e. The van der Waals surface area contributed by atoms with Crippen molar-refractivity contribution < 1.29 is 13.2 Å². The zero-order chi connectivity index (χ0) is 19.4. The van der Waals surface area contributed by atoms with Crippen molar-refractivity contribution in [3.8, 4) is 11.5 Å². The lowest BCUT2D eigenvalue weighted by Crippen LogP contribution is -2.28. The number of fused-ring (bicyclic) bond motifs is 1. The van der Waals surface area contributed by atoms with E-state index in [-0.39, 0.29) is 24.0 Å². The van der Waals surface area contributed by atoms with Gasteiger partial charge in [-0.05, 0) is 25.6 Å². The lowest BCUT2D eigenvalue weighted by atomic mass is 10.2. The van der Waals surface area contributed by atoms with Crippen LogP contribution in [0.5, 0.6) is 0 Å². The summed E-state index contributed by atoms with van der Waals surface area (Å²) in [5.41, 5.74) is 7.03. The fraction of sp³-hybridized carbons (Fsp3) is 0.250. The number of hydrogen-bond acceptors (Lipinski definition) is 8. The Bertz CT molecular complexity index is 1070. The molecule has 3 aromatic rings. The van der Waals surface area contributed by atoms with E-state index in [2.05, 4.69) is 25.0 Å². The van der Waals surface area contributed by atoms with Crippen molar-refractivity contribution in [1.82, 2.24) is 25.0 Å². The number of nitrogens with zero attached hydrogens (tertiary/aromatic N) is 3. The van der Waals surface area contributed by atoms with E-state index < -0.39 is 10.0 Å². The van der Waals surface area contributed by atoms with Crippen LogP contribution in [0, 0.1) is 0 Å². The molecule has 0 fully saturated rings. The molecule has 142 valence electrons. The van der Waals surface area contributed by atoms with Gasteiger partial charge in [0.15, 0.2) is 5.82 Å². The van der Waals surface area contributed by atoms with Crippen LogP contribution in [0.25, 0.3) is 21.7 Å². The van der Waals surface area contributed by atoms with Crippen molar-refractivity contribution in [2.45, 2.75) is 6.42 Å². The Morgan fingerprint density at radius 2 is 2.11 bits per heavy atom. The number of rotatable bonds is 7. The van der Waals surface area contributed by atoms with E-state index >= 15 is 0 Å². The molecule has 0 saturated carbocycles. The van der Waals surface area contributed by atoms with Gasteiger partial charge in [0.05, 0.1) is 16.7 Å². The predicted molar refractivity (Wildman–Crippen MR) is 105 cm³/mol. The highest BCUT2D eigenvalue weighted by Gasteiger charge is 2.18. The first-order valence-electron chi connectivity index (χ1n) is 8.07. The van der Waals surface area contributed by atoms with Crippen molar-refractivity contribution in [2.75, 3.05) is 25.1 Å². The van der Waals surface area contributed by atoms with E-state index in [0.29, 0.717) is 33.7 Å². The van der Waals surface area contributed by atoms with Crippen LogP contribution in [-0.2, 0) is 10.0 Å². The average Bonchev–Trinajstić information content (AvgIpc) is 3.10. The van der Waals surface area contributed by atoms with E-state index in [0.717, 1.165) is 0 Å². The molecule has 4 N–H and O–H groups in total. The molecule has 3 aromatic heterocycles. The molecule has 9 nitrogen and oxygen atoms in total. The van der Waals surface area contributed by atoms with Crippen LogP contribution < -0.4 is 15.8 Å². The summed E-state index contributed by atoms with van der Waals surface area (Å²) >= 11 is 1.29. The first-order chi connectivity index (χ1) is 12.9. The molecule has 0 spiro atoms. The zero-order valence-electron chi connectivity index (χ0n) is 14.5. The standard InChI is InChI=1S/C16H18N6O3S2/c1-18-27(24,25)8-4-7-20-15(23)10-9-26-16-12(10)13(17)21-14(22-16)11-5-2-3-6-19-11/h2-3,5-6,9,18H,4,7-8H2,1H3,(H,20,23)(H2,17,21,22). The lowest BCUT2D eigenvalue weighted by molar-refractivity contribution is 0.0955. The van der Waals surface area contributed by atoms with Crippen molar-refractivity contribution in [3.63, 3.8) is 0 Å². The minimum Gasteiger partial charge on any atom is -0.383 e. The maximum atomic E-state index is 12.4. The summed E-state index contributed by atoms with van der Waals surface area (Å²) in [6, 6.07) is 5.40. The number of thiophene rings is 1. The molecule has 1 amide bonds. The third-order valence-corrected chi connectivity index (χ3v) is 6.11. The van der Waals surface area contributed by atoms with Crippen LogP contribution in [0.4, 0.5) is 5.82 Å². The predicted octanol–water partition coefficient (Wildman–Crippen LogP) is 1.00. The number of nitrogens with two attached hydrogens (primary N) is 1. The van der Waals surface area contributed by atoms with Gasteiger partial charge < -0.3 is 11.1 Å². The number of hydrogen-bond donors (Lipinski definition) is 3. The molecule has 0 aliphatic heterocycles. The van der Waals surface area contributed by atoms with Crippen LogP contribution in [0.2, 0.25) is 0 Å². The third-order valence-electron chi connectivity index (χ3n) is 3.79. The monoisotopic (exact) mass is 406 g/mol. The number of amides is 1. The quantitative estimate of drug-likeness (QED) is 0.497. The topological polar surface area (TPSA) is 140 Å². The van der Waals surface area contributed by atoms with Crippen molar-refractivity contribution in [3.05, 3.63) is 35.3 Å². The highest BCUT2D eigenvalue weighted by Crippen LogP contribution is 2.30. The summed E-state index contributed by atoms with van der Waals surface area (Å²) in [6.07, 6.45) is 1.94. The second-order valence-electron chi connectivity index (χ2n) is 5.61. The molecule has 3 rings (SSSR count). The SMILES string of the molecule is CNS(=O)(=O)CCCNC(=O)c1csc2nc(-c3ccccn3)nc(N)c12. The third kappa shape index (κ3) is 4.38. The molecule has 0 aromatic carbocycles. The van der Waals surface area contributed by atoms with Crippen LogP contribution >= 0.6 is 11.3 Å². The number of carbonyl (C=O) groups is 1. The number of carbonyl (C=O) groups excluding carboxylic acids is 1. The molecule has 0 radical (unpaired) electrons. The molecular weight excluding hydrogens is 388 g/mol. The summed E-state index contributed by atoms with van der Waals surface area (Å²) < 4.78 is 25.0. The summed E-state index contributed by atoms with van der Waals surface area (Å²) in [5.74, 6) is 0.188. The van der Waals surface area contributed by atoms with Crippen molar-refractivity contribution in [1.29, 1.82) is 0 Å². The van der Waals surface area contributed by atoms with Crippen LogP contribution in [0.3, 0.4) is 0 Å². The number of anilines is 1. The normalized spacial score (nSPS) is 11.6. The molecule has 11 heteroatoms. The van der Waals surface area contributed by atoms with E-state index in [1.807, 2.05) is 6.07 Å². The molecule has 0 aliphatic carbocycles. The van der Waals surface area contributed by atoms with E-state index in [1.54, 1.807) is 23.7 Å². The van der Waals surface area contributed by atoms with Gasteiger partial charge in [-0.15, -0.1) is 11.3 Å². The van der Waals surface area contributed by atoms with Gasteiger partial charge in [0.2, 0.25) is 10.0 Å². The Hall–Kier alpha value is -2.63. The number of sulfonamides is 1. The summed E-state index contributed by atoms with van der Waals surface area (Å²) in [5, 5.41) is 4.85. The molecule has 27 heavy (non-hydrogen) atoms. The van der Waals surface area contributed by atoms with Gasteiger partial charge >= 0.3 is 0 Å². The fourth-order valence-corrected chi connectivity index (χ4v) is 4.06. The summed E-state index contributed by atoms with van der Waals surface area (Å²) in [7, 11) is -1.93. The van der Waals surface area contributed by atoms with Gasteiger partial charge in [-0.2, -0.15) is 0 Å². The first kappa shape index (κ1) is 19.1. The first-order valence-corrected chi connectivity index (χ1v) is 10.6. The second kappa shape index (κ2) is 7.94. The van der Waals surface area contributed by atoms with Crippen LogP contribution in [-0.4, -0.2) is 48.6 Å². The Kier molecular flexibility index (Phi) is 5.63. The summed E-state index contributed by atoms with van der Waals surface area (Å²) in [4.78, 5) is 25.9.